The van der Waals surface area contributed by atoms with Crippen LogP contribution in [-0.2, 0) is 9.95 Å². The van der Waals surface area contributed by atoms with Gasteiger partial charge in [-0.2, -0.15) is 0 Å². The van der Waals surface area contributed by atoms with Crippen LogP contribution in [0, 0.1) is 6.92 Å². The summed E-state index contributed by atoms with van der Waals surface area (Å²) in [5.41, 5.74) is 4.03. The SMILES string of the molecule is CCCCCCCCCCCCCCCCCC(=O)O.Cc1ccccc1C(C)(P)c1ccccc1. The Labute approximate surface area is 224 Å². The second kappa shape index (κ2) is 20.4. The summed E-state index contributed by atoms with van der Waals surface area (Å²) in [4.78, 5) is 10.3. The highest BCUT2D eigenvalue weighted by atomic mass is 31.0. The normalized spacial score (nSPS) is 12.4. The van der Waals surface area contributed by atoms with Gasteiger partial charge in [-0.3, -0.25) is 4.79 Å². The summed E-state index contributed by atoms with van der Waals surface area (Å²) in [7, 11) is 2.98. The molecule has 0 aliphatic heterocycles. The number of hydrogen-bond donors (Lipinski definition) is 1. The highest BCUT2D eigenvalue weighted by Crippen LogP contribution is 2.39. The molecule has 0 aliphatic rings. The molecular formula is C33H53O2P. The Hall–Kier alpha value is -1.66. The number of carboxylic acid groups (broad SMARTS) is 1. The lowest BCUT2D eigenvalue weighted by Crippen LogP contribution is -2.16. The van der Waals surface area contributed by atoms with Gasteiger partial charge in [0.25, 0.3) is 0 Å². The number of aliphatic carboxylic acids is 1. The van der Waals surface area contributed by atoms with E-state index < -0.39 is 5.97 Å². The Morgan fingerprint density at radius 2 is 1.11 bits per heavy atom. The Morgan fingerprint density at radius 1 is 0.694 bits per heavy atom. The molecule has 36 heavy (non-hydrogen) atoms. The van der Waals surface area contributed by atoms with Crippen LogP contribution in [0.15, 0.2) is 54.6 Å². The van der Waals surface area contributed by atoms with Gasteiger partial charge in [0.2, 0.25) is 0 Å². The van der Waals surface area contributed by atoms with Crippen molar-refractivity contribution in [1.29, 1.82) is 0 Å². The smallest absolute Gasteiger partial charge is 0.303 e. The van der Waals surface area contributed by atoms with Gasteiger partial charge in [-0.25, -0.2) is 0 Å². The molecule has 2 unspecified atom stereocenters. The Balaban J connectivity index is 0.000000367. The molecule has 202 valence electrons. The number of carboxylic acids is 1. The van der Waals surface area contributed by atoms with Gasteiger partial charge >= 0.3 is 5.97 Å². The zero-order valence-electron chi connectivity index (χ0n) is 23.4. The fraction of sp³-hybridized carbons (Fsp3) is 0.606. The molecule has 0 bridgehead atoms. The molecule has 2 aromatic carbocycles. The minimum Gasteiger partial charge on any atom is -0.481 e. The number of carbonyl (C=O) groups is 1. The quantitative estimate of drug-likeness (QED) is 0.159. The van der Waals surface area contributed by atoms with Gasteiger partial charge in [0.1, 0.15) is 0 Å². The highest BCUT2D eigenvalue weighted by molar-refractivity contribution is 7.18. The topological polar surface area (TPSA) is 37.3 Å². The second-order valence-corrected chi connectivity index (χ2v) is 11.6. The zero-order chi connectivity index (χ0) is 26.5. The molecule has 0 radical (unpaired) electrons. The van der Waals surface area contributed by atoms with Crippen LogP contribution >= 0.6 is 9.24 Å². The number of rotatable bonds is 18. The van der Waals surface area contributed by atoms with Gasteiger partial charge in [-0.1, -0.05) is 151 Å². The minimum absolute atomic E-state index is 0.00734. The van der Waals surface area contributed by atoms with Crippen molar-refractivity contribution in [3.63, 3.8) is 0 Å². The lowest BCUT2D eigenvalue weighted by atomic mass is 9.89. The van der Waals surface area contributed by atoms with E-state index >= 15 is 0 Å². The summed E-state index contributed by atoms with van der Waals surface area (Å²) < 4.78 is 0. The summed E-state index contributed by atoms with van der Waals surface area (Å²) >= 11 is 0. The third-order valence-electron chi connectivity index (χ3n) is 7.07. The van der Waals surface area contributed by atoms with Crippen molar-refractivity contribution in [2.24, 2.45) is 0 Å². The van der Waals surface area contributed by atoms with E-state index in [0.29, 0.717) is 6.42 Å². The summed E-state index contributed by atoms with van der Waals surface area (Å²) in [6.45, 7) is 6.68. The molecule has 0 saturated carbocycles. The van der Waals surface area contributed by atoms with Crippen molar-refractivity contribution >= 4 is 15.2 Å². The van der Waals surface area contributed by atoms with E-state index in [1.807, 2.05) is 0 Å². The van der Waals surface area contributed by atoms with E-state index in [1.165, 1.54) is 100 Å². The van der Waals surface area contributed by atoms with Crippen LogP contribution in [0.4, 0.5) is 0 Å². The number of hydrogen-bond acceptors (Lipinski definition) is 1. The Kier molecular flexibility index (Phi) is 18.3. The average molecular weight is 513 g/mol. The first-order valence-electron chi connectivity index (χ1n) is 14.5. The van der Waals surface area contributed by atoms with Gasteiger partial charge in [-0.15, -0.1) is 9.24 Å². The maximum atomic E-state index is 10.3. The van der Waals surface area contributed by atoms with Crippen LogP contribution in [0.25, 0.3) is 0 Å². The van der Waals surface area contributed by atoms with Crippen LogP contribution in [0.3, 0.4) is 0 Å². The first-order chi connectivity index (χ1) is 17.4. The van der Waals surface area contributed by atoms with Crippen molar-refractivity contribution in [2.75, 3.05) is 0 Å². The monoisotopic (exact) mass is 512 g/mol. The minimum atomic E-state index is -0.653. The van der Waals surface area contributed by atoms with Crippen molar-refractivity contribution in [3.8, 4) is 0 Å². The predicted molar refractivity (Wildman–Crippen MR) is 161 cm³/mol. The van der Waals surface area contributed by atoms with Gasteiger partial charge in [0.15, 0.2) is 0 Å². The second-order valence-electron chi connectivity index (χ2n) is 10.5. The van der Waals surface area contributed by atoms with E-state index in [-0.39, 0.29) is 5.16 Å². The van der Waals surface area contributed by atoms with Crippen LogP contribution in [0.1, 0.15) is 133 Å². The molecule has 0 amide bonds. The van der Waals surface area contributed by atoms with E-state index in [1.54, 1.807) is 0 Å². The van der Waals surface area contributed by atoms with E-state index in [2.05, 4.69) is 84.6 Å². The number of aryl methyl sites for hydroxylation is 1. The molecule has 0 aliphatic carbocycles. The molecule has 0 spiro atoms. The molecule has 2 rings (SSSR count). The van der Waals surface area contributed by atoms with Crippen LogP contribution in [0.2, 0.25) is 0 Å². The molecule has 2 nitrogen and oxygen atoms in total. The fourth-order valence-corrected chi connectivity index (χ4v) is 5.26. The third kappa shape index (κ3) is 14.8. The fourth-order valence-electron chi connectivity index (χ4n) is 4.74. The van der Waals surface area contributed by atoms with E-state index in [4.69, 9.17) is 5.11 Å². The molecule has 3 heteroatoms. The largest absolute Gasteiger partial charge is 0.481 e. The van der Waals surface area contributed by atoms with Crippen LogP contribution in [-0.4, -0.2) is 11.1 Å². The maximum absolute atomic E-state index is 10.3. The lowest BCUT2D eigenvalue weighted by molar-refractivity contribution is -0.137. The first kappa shape index (κ1) is 32.4. The van der Waals surface area contributed by atoms with Crippen LogP contribution < -0.4 is 0 Å². The average Bonchev–Trinajstić information content (AvgIpc) is 2.87. The number of benzene rings is 2. The molecule has 2 atom stereocenters. The highest BCUT2D eigenvalue weighted by Gasteiger charge is 2.24. The molecular weight excluding hydrogens is 459 g/mol. The predicted octanol–water partition coefficient (Wildman–Crippen LogP) is 10.5. The molecule has 2 aromatic rings. The molecule has 1 N–H and O–H groups in total. The third-order valence-corrected chi connectivity index (χ3v) is 7.72. The van der Waals surface area contributed by atoms with Crippen molar-refractivity contribution in [1.82, 2.24) is 0 Å². The van der Waals surface area contributed by atoms with E-state index in [9.17, 15) is 4.79 Å². The Bertz CT molecular complexity index is 800. The lowest BCUT2D eigenvalue weighted by Gasteiger charge is -2.27. The van der Waals surface area contributed by atoms with Crippen LogP contribution in [0.5, 0.6) is 0 Å². The first-order valence-corrected chi connectivity index (χ1v) is 15.1. The maximum Gasteiger partial charge on any atom is 0.303 e. The van der Waals surface area contributed by atoms with Crippen molar-refractivity contribution in [2.45, 2.75) is 129 Å². The van der Waals surface area contributed by atoms with Gasteiger partial charge in [0.05, 0.1) is 0 Å². The molecule has 0 heterocycles. The summed E-state index contributed by atoms with van der Waals surface area (Å²) in [6.07, 6.45) is 20.2. The van der Waals surface area contributed by atoms with Gasteiger partial charge in [-0.05, 0) is 37.0 Å². The molecule has 0 aromatic heterocycles. The molecule has 0 saturated heterocycles. The number of unbranched alkanes of at least 4 members (excludes halogenated alkanes) is 14. The van der Waals surface area contributed by atoms with Crippen molar-refractivity contribution in [3.05, 3.63) is 71.3 Å². The standard InChI is InChI=1S/C18H36O2.C15H17P/c1-2-3-4-5-6-7-8-9-10-11-12-13-14-15-16-17-18(19)20;1-12-8-6-7-11-14(12)15(2,16)13-9-4-3-5-10-13/h2-17H2,1H3,(H,19,20);3-11H,16H2,1-2H3. The van der Waals surface area contributed by atoms with Gasteiger partial charge < -0.3 is 5.11 Å². The van der Waals surface area contributed by atoms with E-state index in [0.717, 1.165) is 12.8 Å². The van der Waals surface area contributed by atoms with Gasteiger partial charge in [0, 0.05) is 11.6 Å². The summed E-state index contributed by atoms with van der Waals surface area (Å²) in [5, 5.41) is 8.51. The summed E-state index contributed by atoms with van der Waals surface area (Å²) in [6, 6.07) is 19.2. The molecule has 0 fully saturated rings. The summed E-state index contributed by atoms with van der Waals surface area (Å²) in [5.74, 6) is -0.653. The Morgan fingerprint density at radius 3 is 1.56 bits per heavy atom. The van der Waals surface area contributed by atoms with Crippen molar-refractivity contribution < 1.29 is 9.90 Å². The zero-order valence-corrected chi connectivity index (χ0v) is 24.6.